The van der Waals surface area contributed by atoms with Gasteiger partial charge >= 0.3 is 0 Å². The van der Waals surface area contributed by atoms with Crippen molar-refractivity contribution in [3.05, 3.63) is 53.0 Å². The molecule has 2 aromatic heterocycles. The Morgan fingerprint density at radius 2 is 2.10 bits per heavy atom. The van der Waals surface area contributed by atoms with Gasteiger partial charge in [-0.2, -0.15) is 0 Å². The van der Waals surface area contributed by atoms with Gasteiger partial charge in [0.2, 0.25) is 5.88 Å². The summed E-state index contributed by atoms with van der Waals surface area (Å²) in [6, 6.07) is 6.87. The lowest BCUT2D eigenvalue weighted by atomic mass is 10.3. The Labute approximate surface area is 121 Å². The minimum atomic E-state index is -0.475. The number of rotatable bonds is 4. The summed E-state index contributed by atoms with van der Waals surface area (Å²) in [5, 5.41) is 10.6. The van der Waals surface area contributed by atoms with Crippen LogP contribution in [0.2, 0.25) is 0 Å². The smallest absolute Gasteiger partial charge is 0.287 e. The van der Waals surface area contributed by atoms with Crippen LogP contribution in [0.15, 0.2) is 42.9 Å². The van der Waals surface area contributed by atoms with Crippen molar-refractivity contribution in [3.63, 3.8) is 0 Å². The van der Waals surface area contributed by atoms with E-state index in [0.717, 1.165) is 25.2 Å². The second-order valence-corrected chi connectivity index (χ2v) is 4.79. The van der Waals surface area contributed by atoms with Gasteiger partial charge < -0.3 is 9.64 Å². The molecule has 0 bridgehead atoms. The fraction of sp³-hybridized carbons (Fsp3) is 0.286. The number of hydrogen-bond acceptors (Lipinski definition) is 6. The topological polar surface area (TPSA) is 81.4 Å². The van der Waals surface area contributed by atoms with E-state index in [-0.39, 0.29) is 11.8 Å². The summed E-state index contributed by atoms with van der Waals surface area (Å²) in [7, 11) is 0. The van der Waals surface area contributed by atoms with Gasteiger partial charge in [0, 0.05) is 43.2 Å². The van der Waals surface area contributed by atoms with E-state index >= 15 is 0 Å². The van der Waals surface area contributed by atoms with Crippen LogP contribution in [0, 0.1) is 10.1 Å². The Morgan fingerprint density at radius 3 is 2.76 bits per heavy atom. The monoisotopic (exact) mass is 286 g/mol. The number of ether oxygens (including phenoxy) is 1. The molecule has 0 amide bonds. The predicted molar refractivity (Wildman–Crippen MR) is 76.4 cm³/mol. The van der Waals surface area contributed by atoms with Gasteiger partial charge in [0.05, 0.1) is 11.5 Å². The maximum Gasteiger partial charge on any atom is 0.287 e. The quantitative estimate of drug-likeness (QED) is 0.632. The molecule has 1 aliphatic rings. The number of nitro groups is 1. The van der Waals surface area contributed by atoms with E-state index < -0.39 is 4.92 Å². The van der Waals surface area contributed by atoms with Crippen molar-refractivity contribution < 1.29 is 9.66 Å². The van der Waals surface area contributed by atoms with Gasteiger partial charge in [-0.3, -0.25) is 15.1 Å². The van der Waals surface area contributed by atoms with Crippen molar-refractivity contribution in [3.8, 4) is 5.88 Å². The highest BCUT2D eigenvalue weighted by Crippen LogP contribution is 2.22. The molecule has 3 heterocycles. The van der Waals surface area contributed by atoms with Crippen LogP contribution in [0.3, 0.4) is 0 Å². The van der Waals surface area contributed by atoms with E-state index in [0.29, 0.717) is 5.88 Å². The fourth-order valence-electron chi connectivity index (χ4n) is 2.33. The van der Waals surface area contributed by atoms with Crippen molar-refractivity contribution in [2.24, 2.45) is 0 Å². The Kier molecular flexibility index (Phi) is 3.63. The molecule has 21 heavy (non-hydrogen) atoms. The van der Waals surface area contributed by atoms with Gasteiger partial charge in [0.25, 0.3) is 5.69 Å². The van der Waals surface area contributed by atoms with E-state index in [1.807, 2.05) is 12.1 Å². The summed E-state index contributed by atoms with van der Waals surface area (Å²) < 4.78 is 5.77. The van der Waals surface area contributed by atoms with Crippen molar-refractivity contribution in [2.75, 3.05) is 18.0 Å². The first kappa shape index (κ1) is 13.3. The lowest BCUT2D eigenvalue weighted by Gasteiger charge is -2.18. The summed E-state index contributed by atoms with van der Waals surface area (Å²) in [5.41, 5.74) is 1.08. The van der Waals surface area contributed by atoms with Gasteiger partial charge in [0.15, 0.2) is 0 Å². The van der Waals surface area contributed by atoms with Crippen LogP contribution in [0.5, 0.6) is 5.88 Å². The number of hydrogen-bond donors (Lipinski definition) is 0. The van der Waals surface area contributed by atoms with Gasteiger partial charge in [0.1, 0.15) is 12.3 Å². The molecule has 108 valence electrons. The third-order valence-electron chi connectivity index (χ3n) is 3.39. The van der Waals surface area contributed by atoms with Crippen LogP contribution < -0.4 is 9.64 Å². The Balaban J connectivity index is 1.61. The van der Waals surface area contributed by atoms with Crippen LogP contribution in [0.25, 0.3) is 0 Å². The molecule has 0 aromatic carbocycles. The highest BCUT2D eigenvalue weighted by atomic mass is 16.6. The molecular formula is C14H14N4O3. The minimum Gasteiger partial charge on any atom is -0.472 e. The number of aromatic nitrogens is 2. The maximum atomic E-state index is 10.6. The molecule has 0 radical (unpaired) electrons. The zero-order chi connectivity index (χ0) is 14.7. The summed E-state index contributed by atoms with van der Waals surface area (Å²) in [4.78, 5) is 20.3. The van der Waals surface area contributed by atoms with Crippen molar-refractivity contribution in [2.45, 2.75) is 12.5 Å². The predicted octanol–water partition coefficient (Wildman–Crippen LogP) is 2.04. The lowest BCUT2D eigenvalue weighted by Crippen LogP contribution is -2.24. The fourth-order valence-corrected chi connectivity index (χ4v) is 2.33. The van der Waals surface area contributed by atoms with Crippen molar-refractivity contribution in [1.29, 1.82) is 0 Å². The van der Waals surface area contributed by atoms with Gasteiger partial charge in [-0.25, -0.2) is 4.98 Å². The van der Waals surface area contributed by atoms with Gasteiger partial charge in [-0.15, -0.1) is 0 Å². The third kappa shape index (κ3) is 3.07. The number of pyridine rings is 2. The molecule has 1 fully saturated rings. The lowest BCUT2D eigenvalue weighted by molar-refractivity contribution is -0.385. The maximum absolute atomic E-state index is 10.6. The first-order valence-electron chi connectivity index (χ1n) is 6.64. The molecule has 1 atom stereocenters. The van der Waals surface area contributed by atoms with E-state index in [1.54, 1.807) is 12.4 Å². The molecule has 1 unspecified atom stereocenters. The molecule has 0 saturated carbocycles. The van der Waals surface area contributed by atoms with Crippen LogP contribution in [-0.2, 0) is 0 Å². The van der Waals surface area contributed by atoms with Crippen LogP contribution in [0.4, 0.5) is 11.4 Å². The summed E-state index contributed by atoms with van der Waals surface area (Å²) >= 11 is 0. The molecule has 7 nitrogen and oxygen atoms in total. The summed E-state index contributed by atoms with van der Waals surface area (Å²) in [5.74, 6) is 0.419. The third-order valence-corrected chi connectivity index (χ3v) is 3.39. The molecule has 0 spiro atoms. The highest BCUT2D eigenvalue weighted by Gasteiger charge is 2.24. The summed E-state index contributed by atoms with van der Waals surface area (Å²) in [6.45, 7) is 1.67. The van der Waals surface area contributed by atoms with E-state index in [2.05, 4.69) is 14.9 Å². The summed E-state index contributed by atoms with van der Waals surface area (Å²) in [6.07, 6.45) is 5.67. The normalized spacial score (nSPS) is 17.7. The van der Waals surface area contributed by atoms with E-state index in [4.69, 9.17) is 4.74 Å². The van der Waals surface area contributed by atoms with Gasteiger partial charge in [-0.05, 0) is 12.1 Å². The number of nitrogens with zero attached hydrogens (tertiary/aromatic N) is 4. The van der Waals surface area contributed by atoms with Crippen molar-refractivity contribution in [1.82, 2.24) is 9.97 Å². The first-order valence-corrected chi connectivity index (χ1v) is 6.64. The Hall–Kier alpha value is -2.70. The van der Waals surface area contributed by atoms with Gasteiger partial charge in [-0.1, -0.05) is 0 Å². The highest BCUT2D eigenvalue weighted by molar-refractivity contribution is 5.45. The zero-order valence-corrected chi connectivity index (χ0v) is 11.3. The molecule has 1 aliphatic heterocycles. The zero-order valence-electron chi connectivity index (χ0n) is 11.3. The molecule has 7 heteroatoms. The molecule has 0 N–H and O–H groups in total. The standard InChI is InChI=1S/C14H14N4O3/c19-18(20)12-1-2-14(16-9-12)21-13-5-8-17(10-13)11-3-6-15-7-4-11/h1-4,6-7,9,13H,5,8,10H2. The SMILES string of the molecule is O=[N+]([O-])c1ccc(OC2CCN(c3ccncc3)C2)nc1. The van der Waals surface area contributed by atoms with Crippen LogP contribution in [-0.4, -0.2) is 34.1 Å². The Bertz CT molecular complexity index is 618. The number of anilines is 1. The molecule has 1 saturated heterocycles. The Morgan fingerprint density at radius 1 is 1.29 bits per heavy atom. The molecule has 0 aliphatic carbocycles. The van der Waals surface area contributed by atoms with Crippen LogP contribution in [0.1, 0.15) is 6.42 Å². The minimum absolute atomic E-state index is 0.0344. The van der Waals surface area contributed by atoms with Crippen molar-refractivity contribution >= 4 is 11.4 Å². The van der Waals surface area contributed by atoms with E-state index in [9.17, 15) is 10.1 Å². The molecular weight excluding hydrogens is 272 g/mol. The molecule has 2 aromatic rings. The average molecular weight is 286 g/mol. The van der Waals surface area contributed by atoms with E-state index in [1.165, 1.54) is 18.3 Å². The second-order valence-electron chi connectivity index (χ2n) is 4.79. The average Bonchev–Trinajstić information content (AvgIpc) is 2.97. The molecule has 3 rings (SSSR count). The first-order chi connectivity index (χ1) is 10.2. The largest absolute Gasteiger partial charge is 0.472 e. The van der Waals surface area contributed by atoms with Crippen LogP contribution >= 0.6 is 0 Å². The second kappa shape index (κ2) is 5.74.